The van der Waals surface area contributed by atoms with Crippen LogP contribution >= 0.6 is 11.6 Å². The topological polar surface area (TPSA) is 35.2 Å². The van der Waals surface area contributed by atoms with Crippen molar-refractivity contribution in [1.29, 1.82) is 0 Å². The molecule has 2 rings (SSSR count). The second kappa shape index (κ2) is 5.64. The highest BCUT2D eigenvalue weighted by Crippen LogP contribution is 2.33. The number of rotatable bonds is 3. The maximum atomic E-state index is 6.37. The van der Waals surface area contributed by atoms with Crippen molar-refractivity contribution in [3.63, 3.8) is 0 Å². The first-order valence-electron chi connectivity index (χ1n) is 6.19. The molecule has 2 aromatic carbocycles. The van der Waals surface area contributed by atoms with E-state index in [9.17, 15) is 0 Å². The van der Waals surface area contributed by atoms with Crippen molar-refractivity contribution in [1.82, 2.24) is 0 Å². The minimum Gasteiger partial charge on any atom is -0.496 e. The fourth-order valence-corrected chi connectivity index (χ4v) is 2.57. The summed E-state index contributed by atoms with van der Waals surface area (Å²) in [6.07, 6.45) is 0. The minimum absolute atomic E-state index is 0.241. The quantitative estimate of drug-likeness (QED) is 0.918. The molecule has 0 aliphatic carbocycles. The smallest absolute Gasteiger partial charge is 0.124 e. The number of halogens is 1. The lowest BCUT2D eigenvalue weighted by molar-refractivity contribution is 0.407. The number of hydrogen-bond donors (Lipinski definition) is 1. The van der Waals surface area contributed by atoms with Gasteiger partial charge in [-0.1, -0.05) is 29.8 Å². The Kier molecular flexibility index (Phi) is 4.13. The van der Waals surface area contributed by atoms with Gasteiger partial charge in [0.2, 0.25) is 0 Å². The summed E-state index contributed by atoms with van der Waals surface area (Å²) in [7, 11) is 1.67. The Morgan fingerprint density at radius 1 is 1.16 bits per heavy atom. The van der Waals surface area contributed by atoms with Crippen molar-refractivity contribution in [3.8, 4) is 5.75 Å². The molecule has 0 saturated carbocycles. The molecule has 0 radical (unpaired) electrons. The molecule has 2 nitrogen and oxygen atoms in total. The van der Waals surface area contributed by atoms with Gasteiger partial charge in [0.1, 0.15) is 5.75 Å². The molecule has 0 heterocycles. The van der Waals surface area contributed by atoms with Crippen LogP contribution in [0.4, 0.5) is 0 Å². The van der Waals surface area contributed by atoms with Gasteiger partial charge < -0.3 is 10.5 Å². The van der Waals surface area contributed by atoms with E-state index in [4.69, 9.17) is 22.1 Å². The molecule has 0 aromatic heterocycles. The summed E-state index contributed by atoms with van der Waals surface area (Å²) in [5, 5.41) is 0.691. The van der Waals surface area contributed by atoms with Crippen molar-refractivity contribution in [2.45, 2.75) is 19.9 Å². The van der Waals surface area contributed by atoms with Crippen LogP contribution in [-0.2, 0) is 0 Å². The Bertz CT molecular complexity index is 595. The van der Waals surface area contributed by atoms with Gasteiger partial charge in [0.25, 0.3) is 0 Å². The predicted octanol–water partition coefficient (Wildman–Crippen LogP) is 4.01. The van der Waals surface area contributed by atoms with Gasteiger partial charge in [-0.3, -0.25) is 0 Å². The summed E-state index contributed by atoms with van der Waals surface area (Å²) in [4.78, 5) is 0. The zero-order chi connectivity index (χ0) is 14.0. The first kappa shape index (κ1) is 13.9. The highest BCUT2D eigenvalue weighted by molar-refractivity contribution is 6.30. The van der Waals surface area contributed by atoms with Crippen molar-refractivity contribution >= 4 is 11.6 Å². The molecule has 2 aromatic rings. The Morgan fingerprint density at radius 2 is 1.89 bits per heavy atom. The molecule has 0 aliphatic rings. The molecule has 0 fully saturated rings. The van der Waals surface area contributed by atoms with Crippen LogP contribution in [0.2, 0.25) is 5.02 Å². The molecule has 1 unspecified atom stereocenters. The molecule has 19 heavy (non-hydrogen) atoms. The number of ether oxygens (including phenoxy) is 1. The van der Waals surface area contributed by atoms with Gasteiger partial charge in [0.05, 0.1) is 13.2 Å². The monoisotopic (exact) mass is 275 g/mol. The summed E-state index contributed by atoms with van der Waals surface area (Å²) in [6, 6.07) is 11.5. The zero-order valence-electron chi connectivity index (χ0n) is 11.4. The van der Waals surface area contributed by atoms with E-state index in [1.54, 1.807) is 7.11 Å². The van der Waals surface area contributed by atoms with E-state index >= 15 is 0 Å². The number of methoxy groups -OCH3 is 1. The van der Waals surface area contributed by atoms with Crippen molar-refractivity contribution in [2.24, 2.45) is 5.73 Å². The average Bonchev–Trinajstić information content (AvgIpc) is 2.37. The maximum Gasteiger partial charge on any atom is 0.124 e. The van der Waals surface area contributed by atoms with Crippen LogP contribution in [-0.4, -0.2) is 7.11 Å². The first-order chi connectivity index (χ1) is 9.02. The van der Waals surface area contributed by atoms with Gasteiger partial charge in [0.15, 0.2) is 0 Å². The number of hydrogen-bond acceptors (Lipinski definition) is 2. The lowest BCUT2D eigenvalue weighted by Crippen LogP contribution is -2.14. The standard InChI is InChI=1S/C16H18ClNO/c1-10-7-11(2)15(14(8-10)19-3)16(18)12-5-4-6-13(17)9-12/h4-9,16H,18H2,1-3H3. The van der Waals surface area contributed by atoms with Crippen molar-refractivity contribution in [2.75, 3.05) is 7.11 Å². The van der Waals surface area contributed by atoms with Crippen LogP contribution < -0.4 is 10.5 Å². The fraction of sp³-hybridized carbons (Fsp3) is 0.250. The Morgan fingerprint density at radius 3 is 2.53 bits per heavy atom. The van der Waals surface area contributed by atoms with Crippen LogP contribution in [0.5, 0.6) is 5.75 Å². The third-order valence-corrected chi connectivity index (χ3v) is 3.47. The lowest BCUT2D eigenvalue weighted by Gasteiger charge is -2.19. The summed E-state index contributed by atoms with van der Waals surface area (Å²) < 4.78 is 5.47. The second-order valence-corrected chi connectivity index (χ2v) is 5.17. The summed E-state index contributed by atoms with van der Waals surface area (Å²) in [5.41, 5.74) is 10.7. The molecule has 0 saturated heterocycles. The van der Waals surface area contributed by atoms with Crippen LogP contribution in [0.1, 0.15) is 28.3 Å². The van der Waals surface area contributed by atoms with Gasteiger partial charge in [0, 0.05) is 10.6 Å². The van der Waals surface area contributed by atoms with Crippen molar-refractivity contribution < 1.29 is 4.74 Å². The summed E-state index contributed by atoms with van der Waals surface area (Å²) >= 11 is 6.03. The van der Waals surface area contributed by atoms with E-state index in [-0.39, 0.29) is 6.04 Å². The van der Waals surface area contributed by atoms with Gasteiger partial charge >= 0.3 is 0 Å². The van der Waals surface area contributed by atoms with Gasteiger partial charge in [-0.2, -0.15) is 0 Å². The minimum atomic E-state index is -0.241. The fourth-order valence-electron chi connectivity index (χ4n) is 2.37. The molecule has 2 N–H and O–H groups in total. The highest BCUT2D eigenvalue weighted by Gasteiger charge is 2.17. The SMILES string of the molecule is COc1cc(C)cc(C)c1C(N)c1cccc(Cl)c1. The van der Waals surface area contributed by atoms with Crippen LogP contribution in [0, 0.1) is 13.8 Å². The summed E-state index contributed by atoms with van der Waals surface area (Å²) in [5.74, 6) is 0.824. The molecular formula is C16H18ClNO. The number of nitrogens with two attached hydrogens (primary N) is 1. The lowest BCUT2D eigenvalue weighted by atomic mass is 9.93. The van der Waals surface area contributed by atoms with E-state index in [2.05, 4.69) is 13.0 Å². The predicted molar refractivity (Wildman–Crippen MR) is 80.0 cm³/mol. The van der Waals surface area contributed by atoms with Gasteiger partial charge in [-0.05, 0) is 48.7 Å². The Balaban J connectivity index is 2.52. The van der Waals surface area contributed by atoms with E-state index in [0.29, 0.717) is 5.02 Å². The third kappa shape index (κ3) is 2.91. The third-order valence-electron chi connectivity index (χ3n) is 3.23. The van der Waals surface area contributed by atoms with E-state index < -0.39 is 0 Å². The van der Waals surface area contributed by atoms with Gasteiger partial charge in [-0.25, -0.2) is 0 Å². The normalized spacial score (nSPS) is 12.3. The summed E-state index contributed by atoms with van der Waals surface area (Å²) in [6.45, 7) is 4.10. The van der Waals surface area contributed by atoms with E-state index in [1.807, 2.05) is 37.3 Å². The average molecular weight is 276 g/mol. The van der Waals surface area contributed by atoms with Crippen LogP contribution in [0.3, 0.4) is 0 Å². The molecular weight excluding hydrogens is 258 g/mol. The molecule has 0 aliphatic heterocycles. The molecule has 3 heteroatoms. The first-order valence-corrected chi connectivity index (χ1v) is 6.57. The Labute approximate surface area is 119 Å². The molecule has 0 spiro atoms. The highest BCUT2D eigenvalue weighted by atomic mass is 35.5. The van der Waals surface area contributed by atoms with Crippen LogP contribution in [0.25, 0.3) is 0 Å². The molecule has 100 valence electrons. The van der Waals surface area contributed by atoms with Crippen molar-refractivity contribution in [3.05, 3.63) is 63.7 Å². The largest absolute Gasteiger partial charge is 0.496 e. The number of benzene rings is 2. The number of aryl methyl sites for hydroxylation is 2. The maximum absolute atomic E-state index is 6.37. The van der Waals surface area contributed by atoms with E-state index in [1.165, 1.54) is 0 Å². The van der Waals surface area contributed by atoms with Gasteiger partial charge in [-0.15, -0.1) is 0 Å². The molecule has 1 atom stereocenters. The Hall–Kier alpha value is -1.51. The zero-order valence-corrected chi connectivity index (χ0v) is 12.2. The van der Waals surface area contributed by atoms with E-state index in [0.717, 1.165) is 28.0 Å². The molecule has 0 bridgehead atoms. The molecule has 0 amide bonds. The van der Waals surface area contributed by atoms with Crippen LogP contribution in [0.15, 0.2) is 36.4 Å². The second-order valence-electron chi connectivity index (χ2n) is 4.73.